The summed E-state index contributed by atoms with van der Waals surface area (Å²) < 4.78 is 5.74. The summed E-state index contributed by atoms with van der Waals surface area (Å²) in [5, 5.41) is 3.49. The second-order valence-electron chi connectivity index (χ2n) is 4.47. The summed E-state index contributed by atoms with van der Waals surface area (Å²) in [6.45, 7) is 5.46. The minimum Gasteiger partial charge on any atom is -0.489 e. The third kappa shape index (κ3) is 3.86. The first kappa shape index (κ1) is 12.1. The van der Waals surface area contributed by atoms with Gasteiger partial charge in [-0.2, -0.15) is 0 Å². The molecule has 92 valence electrons. The number of pyridine rings is 1. The van der Waals surface area contributed by atoms with Gasteiger partial charge in [0.1, 0.15) is 12.4 Å². The number of nitrogens with one attached hydrogen (secondary N) is 1. The van der Waals surface area contributed by atoms with Gasteiger partial charge in [0.15, 0.2) is 0 Å². The Morgan fingerprint density at radius 1 is 1.53 bits per heavy atom. The Balaban J connectivity index is 2.00. The fourth-order valence-corrected chi connectivity index (χ4v) is 1.61. The van der Waals surface area contributed by atoms with Gasteiger partial charge in [-0.25, -0.2) is 0 Å². The molecule has 2 rings (SSSR count). The van der Waals surface area contributed by atoms with Crippen LogP contribution in [0.25, 0.3) is 0 Å². The Morgan fingerprint density at radius 3 is 3.06 bits per heavy atom. The summed E-state index contributed by atoms with van der Waals surface area (Å²) in [5.41, 5.74) is 2.14. The van der Waals surface area contributed by atoms with E-state index in [0.717, 1.165) is 23.6 Å². The van der Waals surface area contributed by atoms with Crippen molar-refractivity contribution in [1.29, 1.82) is 0 Å². The van der Waals surface area contributed by atoms with Gasteiger partial charge in [0.2, 0.25) is 0 Å². The van der Waals surface area contributed by atoms with Gasteiger partial charge in [0.25, 0.3) is 0 Å². The highest BCUT2D eigenvalue weighted by Crippen LogP contribution is 2.22. The number of aromatic nitrogens is 1. The van der Waals surface area contributed by atoms with Crippen LogP contribution in [0.15, 0.2) is 24.4 Å². The molecule has 0 bridgehead atoms. The maximum atomic E-state index is 5.74. The third-order valence-corrected chi connectivity index (χ3v) is 2.81. The standard InChI is InChI=1S/C14H20N2O/c1-3-4-7-17-14-8-11(2)15-9-12(14)10-16-13-5-6-13/h3-4,8-9,13,16H,5-7,10H2,1-2H3/b4-3+. The van der Waals surface area contributed by atoms with Crippen molar-refractivity contribution in [2.75, 3.05) is 6.61 Å². The van der Waals surface area contributed by atoms with E-state index in [9.17, 15) is 0 Å². The van der Waals surface area contributed by atoms with Gasteiger partial charge in [-0.05, 0) is 26.7 Å². The summed E-state index contributed by atoms with van der Waals surface area (Å²) >= 11 is 0. The summed E-state index contributed by atoms with van der Waals surface area (Å²) in [7, 11) is 0. The Hall–Kier alpha value is -1.35. The quantitative estimate of drug-likeness (QED) is 0.765. The lowest BCUT2D eigenvalue weighted by molar-refractivity contribution is 0.356. The smallest absolute Gasteiger partial charge is 0.127 e. The molecule has 1 aromatic heterocycles. The molecule has 0 radical (unpaired) electrons. The van der Waals surface area contributed by atoms with Crippen molar-refractivity contribution in [3.05, 3.63) is 35.7 Å². The molecule has 0 aliphatic heterocycles. The highest BCUT2D eigenvalue weighted by atomic mass is 16.5. The van der Waals surface area contributed by atoms with Crippen LogP contribution in [0, 0.1) is 6.92 Å². The summed E-state index contributed by atoms with van der Waals surface area (Å²) in [5.74, 6) is 0.948. The number of aryl methyl sites for hydroxylation is 1. The number of allylic oxidation sites excluding steroid dienone is 1. The zero-order valence-electron chi connectivity index (χ0n) is 10.6. The van der Waals surface area contributed by atoms with Crippen LogP contribution >= 0.6 is 0 Å². The zero-order chi connectivity index (χ0) is 12.1. The van der Waals surface area contributed by atoms with Crippen LogP contribution in [0.5, 0.6) is 5.75 Å². The van der Waals surface area contributed by atoms with Crippen molar-refractivity contribution in [3.63, 3.8) is 0 Å². The highest BCUT2D eigenvalue weighted by molar-refractivity contribution is 5.33. The molecule has 0 amide bonds. The predicted molar refractivity (Wildman–Crippen MR) is 69.1 cm³/mol. The van der Waals surface area contributed by atoms with Crippen molar-refractivity contribution >= 4 is 0 Å². The number of hydrogen-bond acceptors (Lipinski definition) is 3. The fraction of sp³-hybridized carbons (Fsp3) is 0.500. The Morgan fingerprint density at radius 2 is 2.35 bits per heavy atom. The van der Waals surface area contributed by atoms with Crippen LogP contribution < -0.4 is 10.1 Å². The first-order chi connectivity index (χ1) is 8.29. The number of ether oxygens (including phenoxy) is 1. The van der Waals surface area contributed by atoms with Gasteiger partial charge < -0.3 is 10.1 Å². The molecule has 1 aliphatic rings. The van der Waals surface area contributed by atoms with Gasteiger partial charge in [0.05, 0.1) is 0 Å². The van der Waals surface area contributed by atoms with E-state index in [-0.39, 0.29) is 0 Å². The average molecular weight is 232 g/mol. The maximum absolute atomic E-state index is 5.74. The molecule has 0 spiro atoms. The van der Waals surface area contributed by atoms with Gasteiger partial charge in [-0.3, -0.25) is 4.98 Å². The van der Waals surface area contributed by atoms with E-state index >= 15 is 0 Å². The molecule has 0 aromatic carbocycles. The molecule has 0 atom stereocenters. The van der Waals surface area contributed by atoms with Crippen molar-refractivity contribution in [3.8, 4) is 5.75 Å². The molecule has 1 fully saturated rings. The molecule has 0 saturated heterocycles. The SMILES string of the molecule is C/C=C/COc1cc(C)ncc1CNC1CC1. The van der Waals surface area contributed by atoms with E-state index in [1.165, 1.54) is 12.8 Å². The zero-order valence-corrected chi connectivity index (χ0v) is 10.6. The molecule has 1 saturated carbocycles. The van der Waals surface area contributed by atoms with Gasteiger partial charge in [0, 0.05) is 36.1 Å². The van der Waals surface area contributed by atoms with E-state index in [2.05, 4.69) is 10.3 Å². The monoisotopic (exact) mass is 232 g/mol. The van der Waals surface area contributed by atoms with Crippen molar-refractivity contribution < 1.29 is 4.74 Å². The summed E-state index contributed by atoms with van der Waals surface area (Å²) in [4.78, 5) is 4.33. The minimum atomic E-state index is 0.621. The second-order valence-corrected chi connectivity index (χ2v) is 4.47. The molecule has 0 unspecified atom stereocenters. The lowest BCUT2D eigenvalue weighted by Gasteiger charge is -2.11. The normalized spacial score (nSPS) is 15.4. The number of nitrogens with zero attached hydrogens (tertiary/aromatic N) is 1. The Labute approximate surface area is 103 Å². The first-order valence-corrected chi connectivity index (χ1v) is 6.22. The minimum absolute atomic E-state index is 0.621. The number of rotatable bonds is 6. The molecule has 3 heteroatoms. The van der Waals surface area contributed by atoms with E-state index < -0.39 is 0 Å². The summed E-state index contributed by atoms with van der Waals surface area (Å²) in [6, 6.07) is 2.72. The van der Waals surface area contributed by atoms with Crippen LogP contribution in [-0.4, -0.2) is 17.6 Å². The van der Waals surface area contributed by atoms with Crippen molar-refractivity contribution in [1.82, 2.24) is 10.3 Å². The van der Waals surface area contributed by atoms with Crippen LogP contribution in [0.1, 0.15) is 31.0 Å². The lowest BCUT2D eigenvalue weighted by atomic mass is 10.2. The van der Waals surface area contributed by atoms with E-state index in [4.69, 9.17) is 4.74 Å². The predicted octanol–water partition coefficient (Wildman–Crippen LogP) is 2.60. The number of hydrogen-bond donors (Lipinski definition) is 1. The van der Waals surface area contributed by atoms with E-state index in [1.54, 1.807) is 0 Å². The van der Waals surface area contributed by atoms with Crippen LogP contribution in [0.4, 0.5) is 0 Å². The van der Waals surface area contributed by atoms with Gasteiger partial charge >= 0.3 is 0 Å². The first-order valence-electron chi connectivity index (χ1n) is 6.22. The molecule has 1 aromatic rings. The van der Waals surface area contributed by atoms with Crippen molar-refractivity contribution in [2.24, 2.45) is 0 Å². The van der Waals surface area contributed by atoms with Crippen LogP contribution in [0.3, 0.4) is 0 Å². The topological polar surface area (TPSA) is 34.1 Å². The molecular formula is C14H20N2O. The average Bonchev–Trinajstić information content (AvgIpc) is 3.12. The third-order valence-electron chi connectivity index (χ3n) is 2.81. The highest BCUT2D eigenvalue weighted by Gasteiger charge is 2.20. The molecule has 3 nitrogen and oxygen atoms in total. The van der Waals surface area contributed by atoms with Gasteiger partial charge in [-0.15, -0.1) is 0 Å². The molecule has 17 heavy (non-hydrogen) atoms. The fourth-order valence-electron chi connectivity index (χ4n) is 1.61. The molecule has 1 N–H and O–H groups in total. The summed E-state index contributed by atoms with van der Waals surface area (Å²) in [6.07, 6.45) is 8.52. The molecular weight excluding hydrogens is 212 g/mol. The van der Waals surface area contributed by atoms with Crippen LogP contribution in [0.2, 0.25) is 0 Å². The molecule has 1 aliphatic carbocycles. The lowest BCUT2D eigenvalue weighted by Crippen LogP contribution is -2.16. The second kappa shape index (κ2) is 5.82. The molecule has 1 heterocycles. The Bertz CT molecular complexity index is 397. The van der Waals surface area contributed by atoms with E-state index in [0.29, 0.717) is 12.6 Å². The Kier molecular flexibility index (Phi) is 4.15. The van der Waals surface area contributed by atoms with Crippen molar-refractivity contribution in [2.45, 2.75) is 39.3 Å². The van der Waals surface area contributed by atoms with Crippen LogP contribution in [-0.2, 0) is 6.54 Å². The van der Waals surface area contributed by atoms with Gasteiger partial charge in [-0.1, -0.05) is 12.2 Å². The maximum Gasteiger partial charge on any atom is 0.127 e. The van der Waals surface area contributed by atoms with E-state index in [1.807, 2.05) is 38.3 Å². The largest absolute Gasteiger partial charge is 0.489 e.